The summed E-state index contributed by atoms with van der Waals surface area (Å²) >= 11 is 1.41. The Bertz CT molecular complexity index is 501. The molecule has 1 aliphatic rings. The second kappa shape index (κ2) is 6.73. The molecule has 1 aliphatic heterocycles. The lowest BCUT2D eigenvalue weighted by Crippen LogP contribution is -2.51. The Hall–Kier alpha value is -1.58. The Kier molecular flexibility index (Phi) is 4.99. The van der Waals surface area contributed by atoms with Crippen LogP contribution >= 0.6 is 11.3 Å². The first-order chi connectivity index (χ1) is 9.71. The first kappa shape index (κ1) is 14.8. The van der Waals surface area contributed by atoms with E-state index in [9.17, 15) is 4.79 Å². The molecule has 0 spiro atoms. The number of ether oxygens (including phenoxy) is 1. The second-order valence-corrected chi connectivity index (χ2v) is 5.62. The van der Waals surface area contributed by atoms with E-state index in [0.717, 1.165) is 19.5 Å². The molecule has 0 aromatic carbocycles. The average molecular weight is 293 g/mol. The molecule has 1 atom stereocenters. The number of hydrogen-bond donors (Lipinski definition) is 0. The van der Waals surface area contributed by atoms with Gasteiger partial charge in [0.15, 0.2) is 0 Å². The van der Waals surface area contributed by atoms with E-state index in [2.05, 4.69) is 11.0 Å². The third-order valence-corrected chi connectivity index (χ3v) is 4.50. The third kappa shape index (κ3) is 2.94. The van der Waals surface area contributed by atoms with Gasteiger partial charge in [-0.25, -0.2) is 0 Å². The summed E-state index contributed by atoms with van der Waals surface area (Å²) in [6, 6.07) is 4.09. The van der Waals surface area contributed by atoms with Crippen LogP contribution in [0.25, 0.3) is 0 Å². The van der Waals surface area contributed by atoms with Gasteiger partial charge in [-0.2, -0.15) is 5.26 Å². The number of thiophene rings is 1. The molecule has 2 heterocycles. The molecular weight excluding hydrogens is 274 g/mol. The van der Waals surface area contributed by atoms with Crippen molar-refractivity contribution < 1.29 is 9.53 Å². The van der Waals surface area contributed by atoms with E-state index in [1.54, 1.807) is 7.11 Å². The van der Waals surface area contributed by atoms with E-state index in [1.807, 2.05) is 23.3 Å². The molecule has 1 fully saturated rings. The predicted octanol–water partition coefficient (Wildman–Crippen LogP) is 1.82. The standard InChI is InChI=1S/C14H19N3O2S/c1-3-11(10-15)16-5-7-17(8-6-16)14(18)13-12(19-2)4-9-20-13/h4,9,11H,3,5-8H2,1-2H3. The van der Waals surface area contributed by atoms with E-state index < -0.39 is 0 Å². The largest absolute Gasteiger partial charge is 0.495 e. The number of carbonyl (C=O) groups is 1. The Morgan fingerprint density at radius 2 is 2.20 bits per heavy atom. The molecular formula is C14H19N3O2S. The van der Waals surface area contributed by atoms with Crippen molar-refractivity contribution in [2.24, 2.45) is 0 Å². The Balaban J connectivity index is 1.97. The number of piperazine rings is 1. The van der Waals surface area contributed by atoms with E-state index in [4.69, 9.17) is 10.00 Å². The van der Waals surface area contributed by atoms with E-state index in [-0.39, 0.29) is 11.9 Å². The molecule has 0 saturated carbocycles. The fourth-order valence-corrected chi connectivity index (χ4v) is 3.25. The van der Waals surface area contributed by atoms with Crippen LogP contribution in [0.3, 0.4) is 0 Å². The van der Waals surface area contributed by atoms with Crippen molar-refractivity contribution in [3.63, 3.8) is 0 Å². The molecule has 1 unspecified atom stereocenters. The molecule has 1 aromatic heterocycles. The molecule has 108 valence electrons. The minimum absolute atomic E-state index is 0.0292. The molecule has 20 heavy (non-hydrogen) atoms. The van der Waals surface area contributed by atoms with Crippen molar-refractivity contribution >= 4 is 17.2 Å². The summed E-state index contributed by atoms with van der Waals surface area (Å²) in [4.78, 5) is 17.1. The van der Waals surface area contributed by atoms with Gasteiger partial charge in [-0.05, 0) is 17.9 Å². The number of methoxy groups -OCH3 is 1. The summed E-state index contributed by atoms with van der Waals surface area (Å²) < 4.78 is 5.20. The van der Waals surface area contributed by atoms with Gasteiger partial charge in [-0.1, -0.05) is 6.92 Å². The molecule has 6 heteroatoms. The van der Waals surface area contributed by atoms with Crippen LogP contribution in [0.1, 0.15) is 23.0 Å². The molecule has 2 rings (SSSR count). The smallest absolute Gasteiger partial charge is 0.267 e. The van der Waals surface area contributed by atoms with Crippen LogP contribution in [-0.4, -0.2) is 55.0 Å². The minimum Gasteiger partial charge on any atom is -0.495 e. The van der Waals surface area contributed by atoms with E-state index in [0.29, 0.717) is 23.7 Å². The SMILES string of the molecule is CCC(C#N)N1CCN(C(=O)c2sccc2OC)CC1. The highest BCUT2D eigenvalue weighted by molar-refractivity contribution is 7.12. The summed E-state index contributed by atoms with van der Waals surface area (Å²) in [5.41, 5.74) is 0. The van der Waals surface area contributed by atoms with Crippen LogP contribution < -0.4 is 4.74 Å². The van der Waals surface area contributed by atoms with E-state index >= 15 is 0 Å². The summed E-state index contributed by atoms with van der Waals surface area (Å²) in [5.74, 6) is 0.674. The molecule has 5 nitrogen and oxygen atoms in total. The normalized spacial score (nSPS) is 17.6. The minimum atomic E-state index is -0.0384. The first-order valence-corrected chi connectivity index (χ1v) is 7.63. The van der Waals surface area contributed by atoms with Crippen LogP contribution in [0.4, 0.5) is 0 Å². The third-order valence-electron chi connectivity index (χ3n) is 3.62. The van der Waals surface area contributed by atoms with Crippen LogP contribution in [0.5, 0.6) is 5.75 Å². The lowest BCUT2D eigenvalue weighted by atomic mass is 10.2. The zero-order chi connectivity index (χ0) is 14.5. The van der Waals surface area contributed by atoms with Gasteiger partial charge < -0.3 is 9.64 Å². The number of amides is 1. The molecule has 0 bridgehead atoms. The summed E-state index contributed by atoms with van der Waals surface area (Å²) in [7, 11) is 1.58. The van der Waals surface area contributed by atoms with Crippen molar-refractivity contribution in [1.29, 1.82) is 5.26 Å². The molecule has 1 aromatic rings. The topological polar surface area (TPSA) is 56.6 Å². The zero-order valence-corrected chi connectivity index (χ0v) is 12.7. The van der Waals surface area contributed by atoms with Gasteiger partial charge >= 0.3 is 0 Å². The monoisotopic (exact) mass is 293 g/mol. The van der Waals surface area contributed by atoms with Crippen molar-refractivity contribution in [1.82, 2.24) is 9.80 Å². The van der Waals surface area contributed by atoms with Crippen LogP contribution in [0.2, 0.25) is 0 Å². The lowest BCUT2D eigenvalue weighted by Gasteiger charge is -2.36. The van der Waals surface area contributed by atoms with Crippen molar-refractivity contribution in [2.45, 2.75) is 19.4 Å². The number of carbonyl (C=O) groups excluding carboxylic acids is 1. The van der Waals surface area contributed by atoms with Gasteiger partial charge in [0, 0.05) is 26.2 Å². The molecule has 0 aliphatic carbocycles. The van der Waals surface area contributed by atoms with Gasteiger partial charge in [-0.3, -0.25) is 9.69 Å². The van der Waals surface area contributed by atoms with Crippen LogP contribution in [0, 0.1) is 11.3 Å². The van der Waals surface area contributed by atoms with Crippen molar-refractivity contribution in [2.75, 3.05) is 33.3 Å². The fourth-order valence-electron chi connectivity index (χ4n) is 2.43. The van der Waals surface area contributed by atoms with Crippen molar-refractivity contribution in [3.05, 3.63) is 16.3 Å². The highest BCUT2D eigenvalue weighted by Gasteiger charge is 2.27. The van der Waals surface area contributed by atoms with Gasteiger partial charge in [0.05, 0.1) is 19.2 Å². The maximum atomic E-state index is 12.4. The summed E-state index contributed by atoms with van der Waals surface area (Å²) in [6.07, 6.45) is 0.823. The van der Waals surface area contributed by atoms with Crippen LogP contribution in [-0.2, 0) is 0 Å². The van der Waals surface area contributed by atoms with Gasteiger partial charge in [0.2, 0.25) is 0 Å². The maximum Gasteiger partial charge on any atom is 0.267 e. The first-order valence-electron chi connectivity index (χ1n) is 6.75. The predicted molar refractivity (Wildman–Crippen MR) is 78.0 cm³/mol. The average Bonchev–Trinajstić information content (AvgIpc) is 2.97. The lowest BCUT2D eigenvalue weighted by molar-refractivity contribution is 0.0606. The number of hydrogen-bond acceptors (Lipinski definition) is 5. The Morgan fingerprint density at radius 1 is 1.50 bits per heavy atom. The molecule has 1 amide bonds. The Labute approximate surface area is 123 Å². The fraction of sp³-hybridized carbons (Fsp3) is 0.571. The number of nitrogens with zero attached hydrogens (tertiary/aromatic N) is 3. The maximum absolute atomic E-state index is 12.4. The van der Waals surface area contributed by atoms with Gasteiger partial charge in [0.1, 0.15) is 10.6 Å². The molecule has 0 radical (unpaired) electrons. The second-order valence-electron chi connectivity index (χ2n) is 4.70. The molecule has 0 N–H and O–H groups in total. The van der Waals surface area contributed by atoms with E-state index in [1.165, 1.54) is 11.3 Å². The highest BCUT2D eigenvalue weighted by atomic mass is 32.1. The summed E-state index contributed by atoms with van der Waals surface area (Å²) in [6.45, 7) is 4.86. The number of nitriles is 1. The highest BCUT2D eigenvalue weighted by Crippen LogP contribution is 2.26. The Morgan fingerprint density at radius 3 is 2.75 bits per heavy atom. The number of rotatable bonds is 4. The zero-order valence-electron chi connectivity index (χ0n) is 11.8. The van der Waals surface area contributed by atoms with Crippen molar-refractivity contribution in [3.8, 4) is 11.8 Å². The molecule has 1 saturated heterocycles. The van der Waals surface area contributed by atoms with Crippen LogP contribution in [0.15, 0.2) is 11.4 Å². The summed E-state index contributed by atoms with van der Waals surface area (Å²) in [5, 5.41) is 11.0. The van der Waals surface area contributed by atoms with Gasteiger partial charge in [-0.15, -0.1) is 11.3 Å². The van der Waals surface area contributed by atoms with Gasteiger partial charge in [0.25, 0.3) is 5.91 Å². The quantitative estimate of drug-likeness (QED) is 0.849.